The van der Waals surface area contributed by atoms with E-state index in [4.69, 9.17) is 4.74 Å². The van der Waals surface area contributed by atoms with E-state index in [1.807, 2.05) is 23.5 Å². The first-order valence-electron chi connectivity index (χ1n) is 7.59. The number of hydrogen-bond acceptors (Lipinski definition) is 2. The van der Waals surface area contributed by atoms with Crippen LogP contribution in [0.2, 0.25) is 0 Å². The lowest BCUT2D eigenvalue weighted by molar-refractivity contribution is 0.453. The number of para-hydroxylation sites is 2. The second-order valence-electron chi connectivity index (χ2n) is 5.88. The largest absolute Gasteiger partial charge is 0.457 e. The molecular weight excluding hydrogens is 288 g/mol. The van der Waals surface area contributed by atoms with Gasteiger partial charge >= 0.3 is 0 Å². The fraction of sp³-hybridized carbons (Fsp3) is 0.200. The van der Waals surface area contributed by atoms with Crippen LogP contribution in [0.1, 0.15) is 37.9 Å². The molecule has 2 heterocycles. The van der Waals surface area contributed by atoms with E-state index in [-0.39, 0.29) is 5.92 Å². The van der Waals surface area contributed by atoms with Crippen molar-refractivity contribution >= 4 is 11.3 Å². The molecule has 22 heavy (non-hydrogen) atoms. The molecule has 0 unspecified atom stereocenters. The van der Waals surface area contributed by atoms with Crippen molar-refractivity contribution in [2.45, 2.75) is 26.7 Å². The van der Waals surface area contributed by atoms with Gasteiger partial charge in [-0.15, -0.1) is 11.3 Å². The molecule has 2 heteroatoms. The molecule has 1 aliphatic rings. The maximum absolute atomic E-state index is 6.11. The summed E-state index contributed by atoms with van der Waals surface area (Å²) in [5.41, 5.74) is 5.37. The van der Waals surface area contributed by atoms with Crippen molar-refractivity contribution in [2.24, 2.45) is 0 Å². The fourth-order valence-corrected chi connectivity index (χ4v) is 4.55. The molecule has 4 rings (SSSR count). The standard InChI is InChI=1S/C20H18OS/c1-12-13(2)20(22-14(12)3)19-15-8-4-6-10-17(15)21-18-11-7-5-9-16(18)19/h4-11,19H,1-3H3. The maximum Gasteiger partial charge on any atom is 0.131 e. The van der Waals surface area contributed by atoms with Crippen molar-refractivity contribution in [1.29, 1.82) is 0 Å². The highest BCUT2D eigenvalue weighted by atomic mass is 32.1. The predicted molar refractivity (Wildman–Crippen MR) is 92.4 cm³/mol. The van der Waals surface area contributed by atoms with E-state index < -0.39 is 0 Å². The molecular formula is C20H18OS. The van der Waals surface area contributed by atoms with Gasteiger partial charge in [-0.25, -0.2) is 0 Å². The van der Waals surface area contributed by atoms with Gasteiger partial charge in [0.15, 0.2) is 0 Å². The Bertz CT molecular complexity index is 814. The zero-order valence-corrected chi connectivity index (χ0v) is 13.8. The summed E-state index contributed by atoms with van der Waals surface area (Å²) in [6.07, 6.45) is 0. The van der Waals surface area contributed by atoms with Crippen molar-refractivity contribution in [3.05, 3.63) is 80.5 Å². The zero-order valence-electron chi connectivity index (χ0n) is 13.0. The van der Waals surface area contributed by atoms with Gasteiger partial charge in [-0.1, -0.05) is 36.4 Å². The molecule has 0 saturated carbocycles. The Morgan fingerprint density at radius 2 is 1.32 bits per heavy atom. The summed E-state index contributed by atoms with van der Waals surface area (Å²) in [6, 6.07) is 16.8. The number of benzene rings is 2. The molecule has 0 spiro atoms. The molecule has 0 atom stereocenters. The Morgan fingerprint density at radius 3 is 1.82 bits per heavy atom. The summed E-state index contributed by atoms with van der Waals surface area (Å²) in [6.45, 7) is 6.68. The number of aryl methyl sites for hydroxylation is 1. The van der Waals surface area contributed by atoms with Crippen LogP contribution in [0.4, 0.5) is 0 Å². The molecule has 0 fully saturated rings. The average Bonchev–Trinajstić information content (AvgIpc) is 2.80. The normalized spacial score (nSPS) is 13.4. The van der Waals surface area contributed by atoms with Crippen LogP contribution >= 0.6 is 11.3 Å². The lowest BCUT2D eigenvalue weighted by Gasteiger charge is -2.28. The van der Waals surface area contributed by atoms with Crippen molar-refractivity contribution in [3.63, 3.8) is 0 Å². The minimum absolute atomic E-state index is 0.276. The van der Waals surface area contributed by atoms with E-state index >= 15 is 0 Å². The fourth-order valence-electron chi connectivity index (χ4n) is 3.23. The first kappa shape index (κ1) is 13.6. The van der Waals surface area contributed by atoms with Gasteiger partial charge in [0.25, 0.3) is 0 Å². The molecule has 1 aliphatic heterocycles. The summed E-state index contributed by atoms with van der Waals surface area (Å²) in [4.78, 5) is 2.85. The maximum atomic E-state index is 6.11. The Morgan fingerprint density at radius 1 is 0.773 bits per heavy atom. The Hall–Kier alpha value is -2.06. The lowest BCUT2D eigenvalue weighted by Crippen LogP contribution is -2.11. The van der Waals surface area contributed by atoms with E-state index in [9.17, 15) is 0 Å². The zero-order chi connectivity index (χ0) is 15.3. The highest BCUT2D eigenvalue weighted by Crippen LogP contribution is 2.50. The first-order valence-corrected chi connectivity index (χ1v) is 8.40. The number of fused-ring (bicyclic) bond motifs is 2. The van der Waals surface area contributed by atoms with Crippen molar-refractivity contribution < 1.29 is 4.74 Å². The minimum atomic E-state index is 0.276. The third kappa shape index (κ3) is 1.91. The number of hydrogen-bond donors (Lipinski definition) is 0. The van der Waals surface area contributed by atoms with Gasteiger partial charge in [0.2, 0.25) is 0 Å². The average molecular weight is 306 g/mol. The van der Waals surface area contributed by atoms with Gasteiger partial charge in [-0.05, 0) is 44.0 Å². The van der Waals surface area contributed by atoms with Gasteiger partial charge in [-0.2, -0.15) is 0 Å². The summed E-state index contributed by atoms with van der Waals surface area (Å²) >= 11 is 1.92. The second-order valence-corrected chi connectivity index (χ2v) is 7.14. The molecule has 2 aromatic carbocycles. The van der Waals surface area contributed by atoms with Gasteiger partial charge < -0.3 is 4.74 Å². The van der Waals surface area contributed by atoms with Crippen molar-refractivity contribution in [1.82, 2.24) is 0 Å². The summed E-state index contributed by atoms with van der Waals surface area (Å²) in [7, 11) is 0. The van der Waals surface area contributed by atoms with Gasteiger partial charge in [0, 0.05) is 20.9 Å². The van der Waals surface area contributed by atoms with Gasteiger partial charge in [-0.3, -0.25) is 0 Å². The van der Waals surface area contributed by atoms with E-state index in [1.54, 1.807) is 0 Å². The number of ether oxygens (including phenoxy) is 1. The monoisotopic (exact) mass is 306 g/mol. The van der Waals surface area contributed by atoms with Crippen LogP contribution in [0.5, 0.6) is 11.5 Å². The van der Waals surface area contributed by atoms with Crippen LogP contribution in [-0.2, 0) is 0 Å². The quantitative estimate of drug-likeness (QED) is 0.421. The highest BCUT2D eigenvalue weighted by molar-refractivity contribution is 7.12. The molecule has 110 valence electrons. The van der Waals surface area contributed by atoms with Gasteiger partial charge in [0.1, 0.15) is 11.5 Å². The summed E-state index contributed by atoms with van der Waals surface area (Å²) in [5.74, 6) is 2.24. The Balaban J connectivity index is 2.00. The minimum Gasteiger partial charge on any atom is -0.457 e. The molecule has 1 aromatic heterocycles. The Labute approximate surface area is 135 Å². The first-order chi connectivity index (χ1) is 10.7. The van der Waals surface area contributed by atoms with Crippen LogP contribution < -0.4 is 4.74 Å². The molecule has 0 bridgehead atoms. The van der Waals surface area contributed by atoms with Crippen LogP contribution in [0.15, 0.2) is 48.5 Å². The molecule has 1 nitrogen and oxygen atoms in total. The molecule has 0 N–H and O–H groups in total. The topological polar surface area (TPSA) is 9.23 Å². The SMILES string of the molecule is Cc1sc(C2c3ccccc3Oc3ccccc32)c(C)c1C. The van der Waals surface area contributed by atoms with Crippen molar-refractivity contribution in [2.75, 3.05) is 0 Å². The van der Waals surface area contributed by atoms with Crippen LogP contribution in [0, 0.1) is 20.8 Å². The number of thiophene rings is 1. The Kier molecular flexibility index (Phi) is 3.08. The smallest absolute Gasteiger partial charge is 0.131 e. The molecule has 0 aliphatic carbocycles. The lowest BCUT2D eigenvalue weighted by atomic mass is 9.85. The molecule has 0 amide bonds. The van der Waals surface area contributed by atoms with E-state index in [0.29, 0.717) is 0 Å². The predicted octanol–water partition coefficient (Wildman–Crippen LogP) is 5.96. The van der Waals surface area contributed by atoms with Crippen molar-refractivity contribution in [3.8, 4) is 11.5 Å². The van der Waals surface area contributed by atoms with Crippen LogP contribution in [-0.4, -0.2) is 0 Å². The second kappa shape index (κ2) is 4.99. The molecule has 0 saturated heterocycles. The van der Waals surface area contributed by atoms with Crippen LogP contribution in [0.25, 0.3) is 0 Å². The van der Waals surface area contributed by atoms with Crippen LogP contribution in [0.3, 0.4) is 0 Å². The van der Waals surface area contributed by atoms with E-state index in [0.717, 1.165) is 11.5 Å². The van der Waals surface area contributed by atoms with E-state index in [1.165, 1.54) is 32.0 Å². The molecule has 3 aromatic rings. The third-order valence-corrected chi connectivity index (χ3v) is 6.04. The summed E-state index contributed by atoms with van der Waals surface area (Å²) < 4.78 is 6.11. The highest BCUT2D eigenvalue weighted by Gasteiger charge is 2.30. The van der Waals surface area contributed by atoms with E-state index in [2.05, 4.69) is 57.2 Å². The van der Waals surface area contributed by atoms with Gasteiger partial charge in [0.05, 0.1) is 5.92 Å². The molecule has 0 radical (unpaired) electrons. The third-order valence-electron chi connectivity index (χ3n) is 4.67. The number of rotatable bonds is 1. The summed E-state index contributed by atoms with van der Waals surface area (Å²) in [5, 5.41) is 0.